The van der Waals surface area contributed by atoms with Gasteiger partial charge in [-0.2, -0.15) is 13.2 Å². The van der Waals surface area contributed by atoms with Crippen molar-refractivity contribution in [3.05, 3.63) is 71.5 Å². The molecule has 0 atom stereocenters. The molecule has 0 saturated heterocycles. The van der Waals surface area contributed by atoms with E-state index in [9.17, 15) is 18.0 Å². The van der Waals surface area contributed by atoms with E-state index in [0.29, 0.717) is 0 Å². The molecule has 5 nitrogen and oxygen atoms in total. The molecular weight excluding hydrogens is 393 g/mol. The highest BCUT2D eigenvalue weighted by Crippen LogP contribution is 2.31. The Morgan fingerprint density at radius 3 is 2.33 bits per heavy atom. The summed E-state index contributed by atoms with van der Waals surface area (Å²) in [5.74, 6) is 0.0567. The third kappa shape index (κ3) is 4.59. The Balaban J connectivity index is 1.42. The van der Waals surface area contributed by atoms with Crippen LogP contribution in [0.25, 0.3) is 11.1 Å². The van der Waals surface area contributed by atoms with Crippen molar-refractivity contribution in [3.63, 3.8) is 0 Å². The summed E-state index contributed by atoms with van der Waals surface area (Å²) >= 11 is 0. The van der Waals surface area contributed by atoms with Crippen molar-refractivity contribution in [1.82, 2.24) is 9.97 Å². The maximum absolute atomic E-state index is 12.8. The van der Waals surface area contributed by atoms with Crippen molar-refractivity contribution in [2.24, 2.45) is 0 Å². The van der Waals surface area contributed by atoms with Crippen molar-refractivity contribution in [1.29, 1.82) is 0 Å². The molecule has 1 aliphatic rings. The number of urea groups is 1. The van der Waals surface area contributed by atoms with Gasteiger partial charge in [-0.1, -0.05) is 24.3 Å². The topological polar surface area (TPSA) is 66.9 Å². The standard InChI is InChI=1S/C22H19F3N4O/c23-22(24,25)18-6-3-7-19(11-18)28-21(30)29-20-26-12-17(13-27-20)16-9-8-14-4-1-2-5-15(14)10-16/h3,6-13H,1-2,4-5H2,(H2,26,27,28,29,30). The van der Waals surface area contributed by atoms with Crippen molar-refractivity contribution in [3.8, 4) is 11.1 Å². The summed E-state index contributed by atoms with van der Waals surface area (Å²) in [6.45, 7) is 0. The molecule has 3 aromatic rings. The van der Waals surface area contributed by atoms with E-state index < -0.39 is 17.8 Å². The SMILES string of the molecule is O=C(Nc1cccc(C(F)(F)F)c1)Nc1ncc(-c2ccc3c(c2)CCCC3)cn1. The lowest BCUT2D eigenvalue weighted by atomic mass is 9.89. The first-order valence-corrected chi connectivity index (χ1v) is 9.58. The fourth-order valence-electron chi connectivity index (χ4n) is 3.49. The van der Waals surface area contributed by atoms with E-state index in [4.69, 9.17) is 0 Å². The van der Waals surface area contributed by atoms with Gasteiger partial charge >= 0.3 is 12.2 Å². The molecular formula is C22H19F3N4O. The van der Waals surface area contributed by atoms with E-state index in [-0.39, 0.29) is 11.6 Å². The molecule has 8 heteroatoms. The van der Waals surface area contributed by atoms with Crippen molar-refractivity contribution >= 4 is 17.7 Å². The fraction of sp³-hybridized carbons (Fsp3) is 0.227. The van der Waals surface area contributed by atoms with Crippen LogP contribution in [0.1, 0.15) is 29.5 Å². The third-order valence-electron chi connectivity index (χ3n) is 5.01. The molecule has 2 N–H and O–H groups in total. The maximum Gasteiger partial charge on any atom is 0.416 e. The summed E-state index contributed by atoms with van der Waals surface area (Å²) in [4.78, 5) is 20.4. The Kier molecular flexibility index (Phi) is 5.39. The number of fused-ring (bicyclic) bond motifs is 1. The van der Waals surface area contributed by atoms with Gasteiger partial charge in [0.25, 0.3) is 0 Å². The quantitative estimate of drug-likeness (QED) is 0.581. The zero-order valence-electron chi connectivity index (χ0n) is 16.0. The molecule has 1 aliphatic carbocycles. The van der Waals surface area contributed by atoms with Gasteiger partial charge in [0.15, 0.2) is 0 Å². The smallest absolute Gasteiger partial charge is 0.308 e. The normalized spacial score (nSPS) is 13.4. The highest BCUT2D eigenvalue weighted by Gasteiger charge is 2.30. The van der Waals surface area contributed by atoms with Gasteiger partial charge < -0.3 is 5.32 Å². The number of rotatable bonds is 3. The lowest BCUT2D eigenvalue weighted by molar-refractivity contribution is -0.137. The molecule has 4 rings (SSSR count). The van der Waals surface area contributed by atoms with Crippen molar-refractivity contribution in [2.75, 3.05) is 10.6 Å². The van der Waals surface area contributed by atoms with Crippen molar-refractivity contribution < 1.29 is 18.0 Å². The second kappa shape index (κ2) is 8.14. The van der Waals surface area contributed by atoms with Crippen LogP contribution >= 0.6 is 0 Å². The lowest BCUT2D eigenvalue weighted by Gasteiger charge is -2.16. The second-order valence-electron chi connectivity index (χ2n) is 7.14. The summed E-state index contributed by atoms with van der Waals surface area (Å²) in [6.07, 6.45) is 3.32. The van der Waals surface area contributed by atoms with Crippen molar-refractivity contribution in [2.45, 2.75) is 31.9 Å². The van der Waals surface area contributed by atoms with E-state index in [0.717, 1.165) is 36.1 Å². The number of anilines is 2. The largest absolute Gasteiger partial charge is 0.416 e. The van der Waals surface area contributed by atoms with Crippen LogP contribution in [-0.2, 0) is 19.0 Å². The van der Waals surface area contributed by atoms with Crippen LogP contribution in [0, 0.1) is 0 Å². The lowest BCUT2D eigenvalue weighted by Crippen LogP contribution is -2.21. The van der Waals surface area contributed by atoms with Crippen LogP contribution in [0.2, 0.25) is 0 Å². The molecule has 1 heterocycles. The van der Waals surface area contributed by atoms with Gasteiger partial charge in [0, 0.05) is 23.6 Å². The number of carbonyl (C=O) groups excluding carboxylic acids is 1. The van der Waals surface area contributed by atoms with Gasteiger partial charge in [0.2, 0.25) is 5.95 Å². The van der Waals surface area contributed by atoms with Crippen LogP contribution in [0.15, 0.2) is 54.9 Å². The Morgan fingerprint density at radius 2 is 1.60 bits per heavy atom. The molecule has 0 aliphatic heterocycles. The number of benzene rings is 2. The Morgan fingerprint density at radius 1 is 0.867 bits per heavy atom. The highest BCUT2D eigenvalue weighted by molar-refractivity contribution is 5.98. The number of nitrogens with zero attached hydrogens (tertiary/aromatic N) is 2. The summed E-state index contributed by atoms with van der Waals surface area (Å²) in [6, 6.07) is 9.99. The van der Waals surface area contributed by atoms with E-state index in [1.54, 1.807) is 12.4 Å². The van der Waals surface area contributed by atoms with E-state index in [1.165, 1.54) is 36.1 Å². The van der Waals surface area contributed by atoms with Gasteiger partial charge in [-0.15, -0.1) is 0 Å². The molecule has 30 heavy (non-hydrogen) atoms. The average Bonchev–Trinajstić information content (AvgIpc) is 2.73. The van der Waals surface area contributed by atoms with Gasteiger partial charge in [-0.05, 0) is 60.6 Å². The van der Waals surface area contributed by atoms with Crippen LogP contribution in [0.5, 0.6) is 0 Å². The molecule has 0 bridgehead atoms. The Hall–Kier alpha value is -3.42. The van der Waals surface area contributed by atoms with Crippen LogP contribution in [0.3, 0.4) is 0 Å². The predicted octanol–water partition coefficient (Wildman–Crippen LogP) is 5.69. The Bertz CT molecular complexity index is 1060. The number of halogens is 3. The number of nitrogens with one attached hydrogen (secondary N) is 2. The fourth-order valence-corrected chi connectivity index (χ4v) is 3.49. The molecule has 0 fully saturated rings. The number of alkyl halides is 3. The van der Waals surface area contributed by atoms with Crippen LogP contribution < -0.4 is 10.6 Å². The summed E-state index contributed by atoms with van der Waals surface area (Å²) in [5.41, 5.74) is 3.75. The number of amides is 2. The van der Waals surface area contributed by atoms with Gasteiger partial charge in [-0.3, -0.25) is 5.32 Å². The molecule has 0 saturated carbocycles. The zero-order chi connectivity index (χ0) is 21.1. The molecule has 0 radical (unpaired) electrons. The monoisotopic (exact) mass is 412 g/mol. The minimum absolute atomic E-state index is 0.0213. The van der Waals surface area contributed by atoms with E-state index in [2.05, 4.69) is 32.7 Å². The first kappa shape index (κ1) is 19.9. The molecule has 2 aromatic carbocycles. The van der Waals surface area contributed by atoms with Crippen LogP contribution in [-0.4, -0.2) is 16.0 Å². The second-order valence-corrected chi connectivity index (χ2v) is 7.14. The molecule has 154 valence electrons. The molecule has 0 spiro atoms. The number of hydrogen-bond donors (Lipinski definition) is 2. The van der Waals surface area contributed by atoms with Crippen LogP contribution in [0.4, 0.5) is 29.6 Å². The van der Waals surface area contributed by atoms with Gasteiger partial charge in [0.05, 0.1) is 5.56 Å². The summed E-state index contributed by atoms with van der Waals surface area (Å²) in [5, 5.41) is 4.78. The first-order valence-electron chi connectivity index (χ1n) is 9.58. The molecule has 2 amide bonds. The maximum atomic E-state index is 12.8. The molecule has 0 unspecified atom stereocenters. The van der Waals surface area contributed by atoms with Gasteiger partial charge in [0.1, 0.15) is 0 Å². The summed E-state index contributed by atoms with van der Waals surface area (Å²) in [7, 11) is 0. The number of carbonyl (C=O) groups is 1. The first-order chi connectivity index (χ1) is 14.4. The third-order valence-corrected chi connectivity index (χ3v) is 5.01. The minimum atomic E-state index is -4.48. The Labute approximate surface area is 171 Å². The number of aromatic nitrogens is 2. The number of hydrogen-bond acceptors (Lipinski definition) is 3. The molecule has 1 aromatic heterocycles. The number of aryl methyl sites for hydroxylation is 2. The van der Waals surface area contributed by atoms with Gasteiger partial charge in [-0.25, -0.2) is 14.8 Å². The zero-order valence-corrected chi connectivity index (χ0v) is 16.0. The van der Waals surface area contributed by atoms with E-state index in [1.807, 2.05) is 6.07 Å². The summed E-state index contributed by atoms with van der Waals surface area (Å²) < 4.78 is 38.3. The van der Waals surface area contributed by atoms with E-state index >= 15 is 0 Å². The highest BCUT2D eigenvalue weighted by atomic mass is 19.4. The predicted molar refractivity (Wildman–Crippen MR) is 108 cm³/mol. The average molecular weight is 412 g/mol. The minimum Gasteiger partial charge on any atom is -0.308 e.